The second kappa shape index (κ2) is 6.55. The predicted octanol–water partition coefficient (Wildman–Crippen LogP) is 4.56. The molecule has 0 aliphatic heterocycles. The van der Waals surface area contributed by atoms with Gasteiger partial charge >= 0.3 is 0 Å². The van der Waals surface area contributed by atoms with E-state index >= 15 is 0 Å². The van der Waals surface area contributed by atoms with Crippen molar-refractivity contribution >= 4 is 50.5 Å². The van der Waals surface area contributed by atoms with Crippen molar-refractivity contribution in [3.63, 3.8) is 0 Å². The van der Waals surface area contributed by atoms with Gasteiger partial charge in [-0.25, -0.2) is 0 Å². The smallest absolute Gasteiger partial charge is 0.270 e. The number of thiophene rings is 1. The lowest BCUT2D eigenvalue weighted by Crippen LogP contribution is -2.26. The molecule has 0 saturated carbocycles. The number of nitro groups is 1. The van der Waals surface area contributed by atoms with Gasteiger partial charge < -0.3 is 5.32 Å². The molecular weight excluding hydrogens is 380 g/mol. The monoisotopic (exact) mass is 388 g/mol. The van der Waals surface area contributed by atoms with E-state index in [2.05, 4.69) is 21.2 Å². The van der Waals surface area contributed by atoms with E-state index in [0.717, 1.165) is 4.88 Å². The maximum Gasteiger partial charge on any atom is 0.270 e. The van der Waals surface area contributed by atoms with Gasteiger partial charge in [-0.1, -0.05) is 11.6 Å². The molecule has 5 nitrogen and oxygen atoms in total. The average molecular weight is 390 g/mol. The van der Waals surface area contributed by atoms with E-state index in [0.29, 0.717) is 8.81 Å². The number of halogens is 2. The number of non-ortho nitro benzene ring substituents is 1. The molecule has 0 fully saturated rings. The average Bonchev–Trinajstić information content (AvgIpc) is 2.85. The van der Waals surface area contributed by atoms with Crippen LogP contribution in [-0.4, -0.2) is 10.8 Å². The summed E-state index contributed by atoms with van der Waals surface area (Å²) in [4.78, 5) is 23.4. The molecule has 1 N–H and O–H groups in total. The Hall–Kier alpha value is -1.44. The minimum absolute atomic E-state index is 0.129. The fraction of sp³-hybridized carbons (Fsp3) is 0.154. The Balaban J connectivity index is 2.20. The molecule has 1 aromatic heterocycles. The third-order valence-electron chi connectivity index (χ3n) is 2.77. The zero-order valence-electron chi connectivity index (χ0n) is 10.8. The van der Waals surface area contributed by atoms with Gasteiger partial charge in [0.15, 0.2) is 0 Å². The summed E-state index contributed by atoms with van der Waals surface area (Å²) in [5, 5.41) is 13.6. The van der Waals surface area contributed by atoms with Crippen molar-refractivity contribution in [1.82, 2.24) is 5.32 Å². The number of amides is 1. The number of carbonyl (C=O) groups excluding carboxylic acids is 1. The minimum atomic E-state index is -0.536. The van der Waals surface area contributed by atoms with Crippen LogP contribution in [0, 0.1) is 10.1 Å². The first-order valence-corrected chi connectivity index (χ1v) is 7.87. The number of nitrogens with zero attached hydrogens (tertiary/aromatic N) is 1. The molecule has 0 bridgehead atoms. The molecule has 8 heteroatoms. The summed E-state index contributed by atoms with van der Waals surface area (Å²) >= 11 is 10.5. The summed E-state index contributed by atoms with van der Waals surface area (Å²) in [6.07, 6.45) is 0. The van der Waals surface area contributed by atoms with Crippen LogP contribution in [0.15, 0.2) is 34.8 Å². The first-order valence-electron chi connectivity index (χ1n) is 5.88. The van der Waals surface area contributed by atoms with Gasteiger partial charge in [0.05, 0.1) is 20.9 Å². The Morgan fingerprint density at radius 1 is 1.43 bits per heavy atom. The highest BCUT2D eigenvalue weighted by atomic mass is 79.9. The summed E-state index contributed by atoms with van der Waals surface area (Å²) < 4.78 is 1.14. The molecule has 0 saturated heterocycles. The zero-order chi connectivity index (χ0) is 15.6. The van der Waals surface area contributed by atoms with E-state index in [1.807, 2.05) is 13.0 Å². The molecular formula is C13H10BrClN2O3S. The van der Waals surface area contributed by atoms with Gasteiger partial charge in [0.2, 0.25) is 0 Å². The fourth-order valence-electron chi connectivity index (χ4n) is 1.71. The molecule has 0 radical (unpaired) electrons. The lowest BCUT2D eigenvalue weighted by atomic mass is 10.1. The van der Waals surface area contributed by atoms with E-state index in [4.69, 9.17) is 11.6 Å². The van der Waals surface area contributed by atoms with Crippen LogP contribution in [0.5, 0.6) is 0 Å². The van der Waals surface area contributed by atoms with Gasteiger partial charge in [0.1, 0.15) is 0 Å². The van der Waals surface area contributed by atoms with Crippen LogP contribution in [0.4, 0.5) is 5.69 Å². The second-order valence-electron chi connectivity index (χ2n) is 4.26. The Bertz CT molecular complexity index is 704. The number of nitro benzene ring substituents is 1. The third kappa shape index (κ3) is 3.81. The molecule has 21 heavy (non-hydrogen) atoms. The molecule has 110 valence electrons. The van der Waals surface area contributed by atoms with Crippen LogP contribution in [0.3, 0.4) is 0 Å². The molecule has 1 unspecified atom stereocenters. The first-order chi connectivity index (χ1) is 9.88. The molecule has 2 aromatic rings. The molecule has 0 aliphatic rings. The van der Waals surface area contributed by atoms with E-state index < -0.39 is 4.92 Å². The Morgan fingerprint density at radius 2 is 2.14 bits per heavy atom. The highest BCUT2D eigenvalue weighted by molar-refractivity contribution is 9.10. The zero-order valence-corrected chi connectivity index (χ0v) is 14.0. The molecule has 0 spiro atoms. The number of nitrogens with one attached hydrogen (secondary N) is 1. The molecule has 1 aromatic carbocycles. The van der Waals surface area contributed by atoms with Gasteiger partial charge in [-0.3, -0.25) is 14.9 Å². The van der Waals surface area contributed by atoms with Crippen molar-refractivity contribution in [1.29, 1.82) is 0 Å². The van der Waals surface area contributed by atoms with Crippen molar-refractivity contribution in [2.45, 2.75) is 13.0 Å². The number of hydrogen-bond acceptors (Lipinski definition) is 4. The van der Waals surface area contributed by atoms with Crippen molar-refractivity contribution < 1.29 is 9.72 Å². The van der Waals surface area contributed by atoms with Crippen LogP contribution in [0.1, 0.15) is 28.2 Å². The van der Waals surface area contributed by atoms with Gasteiger partial charge in [-0.2, -0.15) is 0 Å². The van der Waals surface area contributed by atoms with Crippen molar-refractivity contribution in [2.75, 3.05) is 0 Å². The molecule has 0 aliphatic carbocycles. The number of rotatable bonds is 4. The quantitative estimate of drug-likeness (QED) is 0.615. The largest absolute Gasteiger partial charge is 0.345 e. The predicted molar refractivity (Wildman–Crippen MR) is 86.0 cm³/mol. The van der Waals surface area contributed by atoms with Crippen LogP contribution in [0.25, 0.3) is 0 Å². The summed E-state index contributed by atoms with van der Waals surface area (Å²) in [6.45, 7) is 1.82. The van der Waals surface area contributed by atoms with Crippen LogP contribution < -0.4 is 5.32 Å². The highest BCUT2D eigenvalue weighted by Crippen LogP contribution is 2.28. The van der Waals surface area contributed by atoms with Gasteiger partial charge in [0, 0.05) is 21.5 Å². The van der Waals surface area contributed by atoms with E-state index in [1.165, 1.54) is 29.5 Å². The summed E-state index contributed by atoms with van der Waals surface area (Å²) in [5.74, 6) is -0.386. The molecule has 1 amide bonds. The van der Waals surface area contributed by atoms with E-state index in [1.54, 1.807) is 6.07 Å². The topological polar surface area (TPSA) is 72.2 Å². The first kappa shape index (κ1) is 15.9. The maximum atomic E-state index is 12.2. The maximum absolute atomic E-state index is 12.2. The lowest BCUT2D eigenvalue weighted by molar-refractivity contribution is -0.384. The van der Waals surface area contributed by atoms with Crippen molar-refractivity contribution in [2.24, 2.45) is 0 Å². The Labute approximate surface area is 138 Å². The van der Waals surface area contributed by atoms with E-state index in [-0.39, 0.29) is 23.2 Å². The standard InChI is InChI=1S/C13H10BrClN2O3S/c1-7(11-4-5-12(15)21-11)16-13(18)9-6-8(17(19)20)2-3-10(9)14/h2-7H,1H3,(H,16,18). The van der Waals surface area contributed by atoms with E-state index in [9.17, 15) is 14.9 Å². The van der Waals surface area contributed by atoms with Crippen molar-refractivity contribution in [3.8, 4) is 0 Å². The van der Waals surface area contributed by atoms with Crippen LogP contribution >= 0.6 is 38.9 Å². The molecule has 2 rings (SSSR count). The molecule has 1 heterocycles. The Morgan fingerprint density at radius 3 is 2.71 bits per heavy atom. The number of carbonyl (C=O) groups is 1. The highest BCUT2D eigenvalue weighted by Gasteiger charge is 2.18. The number of hydrogen-bond donors (Lipinski definition) is 1. The summed E-state index contributed by atoms with van der Waals surface area (Å²) in [7, 11) is 0. The lowest BCUT2D eigenvalue weighted by Gasteiger charge is -2.13. The normalized spacial score (nSPS) is 12.0. The Kier molecular flexibility index (Phi) is 4.97. The SMILES string of the molecule is CC(NC(=O)c1cc([N+](=O)[O-])ccc1Br)c1ccc(Cl)s1. The van der Waals surface area contributed by atoms with Gasteiger partial charge in [-0.05, 0) is 41.1 Å². The van der Waals surface area contributed by atoms with Crippen LogP contribution in [-0.2, 0) is 0 Å². The fourth-order valence-corrected chi connectivity index (χ4v) is 3.20. The number of benzene rings is 1. The second-order valence-corrected chi connectivity index (χ2v) is 6.86. The third-order valence-corrected chi connectivity index (χ3v) is 4.88. The molecule has 1 atom stereocenters. The van der Waals surface area contributed by atoms with Gasteiger partial charge in [-0.15, -0.1) is 11.3 Å². The van der Waals surface area contributed by atoms with Crippen LogP contribution in [0.2, 0.25) is 4.34 Å². The summed E-state index contributed by atoms with van der Waals surface area (Å²) in [5.41, 5.74) is 0.0916. The minimum Gasteiger partial charge on any atom is -0.345 e. The van der Waals surface area contributed by atoms with Crippen molar-refractivity contribution in [3.05, 3.63) is 59.7 Å². The van der Waals surface area contributed by atoms with Gasteiger partial charge in [0.25, 0.3) is 11.6 Å². The summed E-state index contributed by atoms with van der Waals surface area (Å²) in [6, 6.07) is 7.42.